The van der Waals surface area contributed by atoms with Crippen LogP contribution in [0.25, 0.3) is 0 Å². The summed E-state index contributed by atoms with van der Waals surface area (Å²) in [6, 6.07) is 7.76. The molecule has 0 atom stereocenters. The third-order valence-electron chi connectivity index (χ3n) is 3.93. The minimum atomic E-state index is -0.176. The minimum Gasteiger partial charge on any atom is -0.372 e. The Bertz CT molecular complexity index is 796. The molecule has 1 N–H and O–H groups in total. The molecule has 1 aromatic rings. The van der Waals surface area contributed by atoms with E-state index < -0.39 is 0 Å². The quantitative estimate of drug-likeness (QED) is 0.799. The monoisotopic (exact) mass is 338 g/mol. The molecule has 0 fully saturated rings. The molecule has 1 aliphatic rings. The molecule has 2 rings (SSSR count). The summed E-state index contributed by atoms with van der Waals surface area (Å²) in [6.07, 6.45) is 0. The minimum absolute atomic E-state index is 0.176. The van der Waals surface area contributed by atoms with Crippen molar-refractivity contribution >= 4 is 28.7 Å². The van der Waals surface area contributed by atoms with E-state index in [1.54, 1.807) is 6.92 Å². The van der Waals surface area contributed by atoms with Crippen LogP contribution in [0.15, 0.2) is 44.7 Å². The van der Waals surface area contributed by atoms with Crippen LogP contribution in [0.1, 0.15) is 27.7 Å². The van der Waals surface area contributed by atoms with Gasteiger partial charge in [0.1, 0.15) is 17.5 Å². The number of hydrogen-bond acceptors (Lipinski definition) is 6. The molecule has 0 spiro atoms. The lowest BCUT2D eigenvalue weighted by molar-refractivity contribution is -0.114. The number of nitrogens with one attached hydrogen (secondary N) is 1. The molecule has 1 heterocycles. The van der Waals surface area contributed by atoms with Crippen LogP contribution < -0.4 is 10.2 Å². The number of carbonyl (C=O) groups is 1. The number of allylic oxidation sites excluding steroid dienone is 1. The Morgan fingerprint density at radius 2 is 2.08 bits per heavy atom. The topological polar surface area (TPSA) is 93.2 Å². The summed E-state index contributed by atoms with van der Waals surface area (Å²) in [4.78, 5) is 17.9. The van der Waals surface area contributed by atoms with E-state index in [-0.39, 0.29) is 5.91 Å². The molecule has 130 valence electrons. The van der Waals surface area contributed by atoms with E-state index >= 15 is 0 Å². The van der Waals surface area contributed by atoms with Crippen LogP contribution in [-0.4, -0.2) is 31.3 Å². The van der Waals surface area contributed by atoms with Crippen molar-refractivity contribution in [2.75, 3.05) is 29.9 Å². The highest BCUT2D eigenvalue weighted by Gasteiger charge is 2.16. The summed E-state index contributed by atoms with van der Waals surface area (Å²) in [5, 5.41) is 20.4. The van der Waals surface area contributed by atoms with E-state index in [0.29, 0.717) is 34.9 Å². The highest BCUT2D eigenvalue weighted by atomic mass is 16.1. The maximum Gasteiger partial charge on any atom is 0.221 e. The summed E-state index contributed by atoms with van der Waals surface area (Å²) < 4.78 is 0. The Morgan fingerprint density at radius 3 is 2.68 bits per heavy atom. The maximum atomic E-state index is 11.5. The van der Waals surface area contributed by atoms with Crippen molar-refractivity contribution in [3.63, 3.8) is 0 Å². The summed E-state index contributed by atoms with van der Waals surface area (Å²) in [6.45, 7) is 9.47. The second-order valence-electron chi connectivity index (χ2n) is 5.59. The first kappa shape index (κ1) is 18.3. The Labute approximate surface area is 147 Å². The van der Waals surface area contributed by atoms with Gasteiger partial charge in [0.15, 0.2) is 0 Å². The molecular weight excluding hydrogens is 316 g/mol. The second kappa shape index (κ2) is 8.20. The van der Waals surface area contributed by atoms with Crippen LogP contribution in [-0.2, 0) is 4.79 Å². The molecule has 0 aromatic heterocycles. The number of nitriles is 1. The van der Waals surface area contributed by atoms with Gasteiger partial charge >= 0.3 is 0 Å². The average Bonchev–Trinajstić information content (AvgIpc) is 2.94. The SMILES string of the molecule is CCN(CC)c1ccc(N=NC2=C(C#N)C(C)=NC2)c(NC(C)=O)c1. The van der Waals surface area contributed by atoms with Crippen LogP contribution in [0, 0.1) is 11.3 Å². The van der Waals surface area contributed by atoms with Gasteiger partial charge in [-0.15, -0.1) is 5.11 Å². The Hall–Kier alpha value is -3.01. The molecule has 0 saturated heterocycles. The van der Waals surface area contributed by atoms with Gasteiger partial charge in [-0.25, -0.2) is 0 Å². The number of aliphatic imine (C=N–C) groups is 1. The van der Waals surface area contributed by atoms with Crippen LogP contribution in [0.3, 0.4) is 0 Å². The molecule has 1 aliphatic heterocycles. The van der Waals surface area contributed by atoms with Crippen molar-refractivity contribution in [3.05, 3.63) is 29.5 Å². The maximum absolute atomic E-state index is 11.5. The van der Waals surface area contributed by atoms with Gasteiger partial charge in [0.05, 0.1) is 23.5 Å². The van der Waals surface area contributed by atoms with Gasteiger partial charge in [0, 0.05) is 25.7 Å². The van der Waals surface area contributed by atoms with Crippen LogP contribution in [0.5, 0.6) is 0 Å². The molecule has 0 saturated carbocycles. The van der Waals surface area contributed by atoms with Crippen molar-refractivity contribution in [1.82, 2.24) is 0 Å². The summed E-state index contributed by atoms with van der Waals surface area (Å²) in [7, 11) is 0. The van der Waals surface area contributed by atoms with Gasteiger partial charge in [-0.3, -0.25) is 9.79 Å². The summed E-state index contributed by atoms with van der Waals surface area (Å²) in [5.41, 5.74) is 3.82. The Kier molecular flexibility index (Phi) is 6.01. The molecule has 0 unspecified atom stereocenters. The zero-order valence-electron chi connectivity index (χ0n) is 15.0. The van der Waals surface area contributed by atoms with E-state index in [2.05, 4.69) is 45.4 Å². The second-order valence-corrected chi connectivity index (χ2v) is 5.59. The van der Waals surface area contributed by atoms with Gasteiger partial charge in [-0.2, -0.15) is 10.4 Å². The average molecular weight is 338 g/mol. The molecule has 1 amide bonds. The van der Waals surface area contributed by atoms with Gasteiger partial charge in [0.2, 0.25) is 5.91 Å². The highest BCUT2D eigenvalue weighted by Crippen LogP contribution is 2.31. The molecule has 1 aromatic carbocycles. The number of nitrogens with zero attached hydrogens (tertiary/aromatic N) is 5. The Morgan fingerprint density at radius 1 is 1.36 bits per heavy atom. The number of rotatable bonds is 6. The first-order chi connectivity index (χ1) is 12.0. The highest BCUT2D eigenvalue weighted by molar-refractivity contribution is 6.04. The number of anilines is 2. The number of carbonyl (C=O) groups excluding carboxylic acids is 1. The van der Waals surface area contributed by atoms with Gasteiger partial charge in [-0.05, 0) is 39.0 Å². The number of amides is 1. The fourth-order valence-electron chi connectivity index (χ4n) is 2.59. The van der Waals surface area contributed by atoms with Crippen LogP contribution >= 0.6 is 0 Å². The van der Waals surface area contributed by atoms with Crippen molar-refractivity contribution in [2.45, 2.75) is 27.7 Å². The first-order valence-corrected chi connectivity index (χ1v) is 8.23. The van der Waals surface area contributed by atoms with E-state index in [1.165, 1.54) is 6.92 Å². The molecule has 7 heteroatoms. The summed E-state index contributed by atoms with van der Waals surface area (Å²) in [5.74, 6) is -0.176. The standard InChI is InChI=1S/C18H22N6O/c1-5-24(6-2)14-7-8-16(17(9-14)21-13(4)25)22-23-18-11-20-12(3)15(18)10-19/h7-9H,5-6,11H2,1-4H3,(H,21,25). The predicted octanol–water partition coefficient (Wildman–Crippen LogP) is 3.83. The fraction of sp³-hybridized carbons (Fsp3) is 0.389. The van der Waals surface area contributed by atoms with Gasteiger partial charge < -0.3 is 10.2 Å². The molecule has 25 heavy (non-hydrogen) atoms. The summed E-state index contributed by atoms with van der Waals surface area (Å²) >= 11 is 0. The molecule has 7 nitrogen and oxygen atoms in total. The number of benzene rings is 1. The first-order valence-electron chi connectivity index (χ1n) is 8.23. The van der Waals surface area contributed by atoms with Crippen LogP contribution in [0.4, 0.5) is 17.1 Å². The smallest absolute Gasteiger partial charge is 0.221 e. The van der Waals surface area contributed by atoms with Crippen molar-refractivity contribution < 1.29 is 4.79 Å². The largest absolute Gasteiger partial charge is 0.372 e. The third kappa shape index (κ3) is 4.29. The number of azo groups is 1. The van der Waals surface area contributed by atoms with Crippen molar-refractivity contribution in [2.24, 2.45) is 15.2 Å². The molecule has 0 aliphatic carbocycles. The zero-order valence-corrected chi connectivity index (χ0v) is 15.0. The molecule has 0 radical (unpaired) electrons. The molecule has 0 bridgehead atoms. The van der Waals surface area contributed by atoms with Gasteiger partial charge in [0.25, 0.3) is 0 Å². The lowest BCUT2D eigenvalue weighted by Gasteiger charge is -2.22. The van der Waals surface area contributed by atoms with E-state index in [0.717, 1.165) is 18.8 Å². The third-order valence-corrected chi connectivity index (χ3v) is 3.93. The zero-order chi connectivity index (χ0) is 18.4. The predicted molar refractivity (Wildman–Crippen MR) is 99.4 cm³/mol. The van der Waals surface area contributed by atoms with Crippen LogP contribution in [0.2, 0.25) is 0 Å². The normalized spacial score (nSPS) is 13.8. The van der Waals surface area contributed by atoms with Gasteiger partial charge in [-0.1, -0.05) is 0 Å². The lowest BCUT2D eigenvalue weighted by atomic mass is 10.2. The molecular formula is C18H22N6O. The van der Waals surface area contributed by atoms with E-state index in [4.69, 9.17) is 0 Å². The Balaban J connectivity index is 2.37. The van der Waals surface area contributed by atoms with Crippen molar-refractivity contribution in [1.29, 1.82) is 5.26 Å². The van der Waals surface area contributed by atoms with Crippen molar-refractivity contribution in [3.8, 4) is 6.07 Å². The fourth-order valence-corrected chi connectivity index (χ4v) is 2.59. The number of hydrogen-bond donors (Lipinski definition) is 1. The van der Waals surface area contributed by atoms with E-state index in [9.17, 15) is 10.1 Å². The lowest BCUT2D eigenvalue weighted by Crippen LogP contribution is -2.21. The van der Waals surface area contributed by atoms with E-state index in [1.807, 2.05) is 18.2 Å².